The largest absolute Gasteiger partial charge is 0.459 e. The number of carbonyl (C=O) groups excluding carboxylic acids is 12. The van der Waals surface area contributed by atoms with E-state index in [0.717, 1.165) is 9.80 Å². The number of amides is 6. The molecule has 28 nitrogen and oxygen atoms in total. The predicted molar refractivity (Wildman–Crippen MR) is 419 cm³/mol. The van der Waals surface area contributed by atoms with Crippen molar-refractivity contribution in [1.82, 2.24) is 14.7 Å². The summed E-state index contributed by atoms with van der Waals surface area (Å²) in [5.74, 6) is -12.2. The lowest BCUT2D eigenvalue weighted by Gasteiger charge is -2.53. The van der Waals surface area contributed by atoms with Gasteiger partial charge in [-0.25, -0.2) is 28.8 Å². The Bertz CT molecular complexity index is 5230. The first kappa shape index (κ1) is 81.3. The van der Waals surface area contributed by atoms with E-state index in [-0.39, 0.29) is 72.3 Å². The van der Waals surface area contributed by atoms with Crippen molar-refractivity contribution in [2.45, 2.75) is 124 Å². The maximum atomic E-state index is 16.1. The third kappa shape index (κ3) is 16.5. The normalized spacial score (nSPS) is 24.6. The van der Waals surface area contributed by atoms with Gasteiger partial charge in [-0.15, -0.1) is 0 Å². The Hall–Kier alpha value is -12.8. The molecule has 0 aromatic heterocycles. The number of carbonyl (C=O) groups is 12. The Kier molecular flexibility index (Phi) is 24.0. The summed E-state index contributed by atoms with van der Waals surface area (Å²) < 4.78 is 88.3. The predicted octanol–water partition coefficient (Wildman–Crippen LogP) is 10.8. The van der Waals surface area contributed by atoms with E-state index in [9.17, 15) is 14.4 Å². The highest BCUT2D eigenvalue weighted by Gasteiger charge is 2.65. The van der Waals surface area contributed by atoms with Crippen LogP contribution in [0.2, 0.25) is 18.6 Å². The molecule has 6 heterocycles. The molecule has 0 spiro atoms. The fourth-order valence-electron chi connectivity index (χ4n) is 15.2. The number of hydrogen-bond donors (Lipinski definition) is 0. The molecule has 0 N–H and O–H groups in total. The van der Waals surface area contributed by atoms with E-state index in [0.29, 0.717) is 4.90 Å². The first-order valence-corrected chi connectivity index (χ1v) is 41.4. The quantitative estimate of drug-likeness (QED) is 0.0210. The SMILES string of the molecule is COC1OC(COC(=O)c2ccccc2)C(OC2OC(COC(=O)c3ccccc3)C(OC3OC(COC(=O)c4ccccc4)C(O[Si](C)(C)C(C)C)C(OC(=O)c4ccccc4)C3N3C(=O)c4ccccc4C3=O)C(OC(=O)c3ccccc3)C2N2C(=O)c3ccccc3C2=O)C(OC(=O)c2ccccc2)C1N1C(=O)c2ccccc2C1=O. The van der Waals surface area contributed by atoms with Crippen LogP contribution in [0.5, 0.6) is 0 Å². The number of methoxy groups -OCH3 is 1. The molecule has 3 fully saturated rings. The maximum absolute atomic E-state index is 16.1. The summed E-state index contributed by atoms with van der Waals surface area (Å²) in [7, 11) is -2.04. The van der Waals surface area contributed by atoms with Crippen LogP contribution in [0.15, 0.2) is 255 Å². The Morgan fingerprint density at radius 1 is 0.311 bits per heavy atom. The first-order chi connectivity index (χ1) is 57.6. The molecule has 15 atom stereocenters. The van der Waals surface area contributed by atoms with Gasteiger partial charge >= 0.3 is 35.8 Å². The zero-order valence-corrected chi connectivity index (χ0v) is 65.7. The topological polar surface area (TPSA) is 335 Å². The number of hydrogen-bond acceptors (Lipinski definition) is 25. The second-order valence-corrected chi connectivity index (χ2v) is 34.2. The standard InChI is InChI=1S/C90H79N3O25Si/c1-51(2)119(4,5)118-72-66(50-109-84(102)54-34-16-8-17-35-54)112-90(69(75(72)115-87(105)57-40-22-11-23-41-57)93-80(98)62-46-28-29-47-63(62)81(93)99)117-71-65(49-108-83(101)53-32-14-7-15-33-53)111-89(68(74(71)114-86(104)56-38-20-10-21-39-56)92-78(96)60-44-26-27-45-61(60)79(92)97)116-70-64(48-107-82(100)52-30-12-6-13-31-52)110-88(106-3)67(73(70)113-85(103)55-36-18-9-19-37-55)91-76(94)58-42-24-25-43-59(58)77(91)95/h6-47,51,64-75,88-90H,48-50H2,1-5H3. The van der Waals surface area contributed by atoms with Crippen molar-refractivity contribution in [3.05, 3.63) is 322 Å². The maximum Gasteiger partial charge on any atom is 0.338 e. The molecule has 0 bridgehead atoms. The molecule has 6 amide bonds. The van der Waals surface area contributed by atoms with Crippen LogP contribution >= 0.6 is 0 Å². The van der Waals surface area contributed by atoms with Crippen LogP contribution in [0.25, 0.3) is 0 Å². The average molecular weight is 1630 g/mol. The van der Waals surface area contributed by atoms with Crippen molar-refractivity contribution in [3.63, 3.8) is 0 Å². The molecule has 9 aromatic rings. The second kappa shape index (κ2) is 35.1. The number of fused-ring (bicyclic) bond motifs is 3. The molecule has 608 valence electrons. The number of nitrogens with zero attached hydrogens (tertiary/aromatic N) is 3. The molecule has 119 heavy (non-hydrogen) atoms. The Morgan fingerprint density at radius 2 is 0.529 bits per heavy atom. The van der Waals surface area contributed by atoms with Gasteiger partial charge in [-0.1, -0.05) is 159 Å². The van der Waals surface area contributed by atoms with Crippen LogP contribution in [0, 0.1) is 0 Å². The summed E-state index contributed by atoms with van der Waals surface area (Å²) in [5, 5.41) is 0. The smallest absolute Gasteiger partial charge is 0.338 e. The number of imide groups is 3. The van der Waals surface area contributed by atoms with Gasteiger partial charge in [0.2, 0.25) is 0 Å². The minimum Gasteiger partial charge on any atom is -0.459 e. The van der Waals surface area contributed by atoms with Crippen LogP contribution < -0.4 is 0 Å². The van der Waals surface area contributed by atoms with Gasteiger partial charge < -0.3 is 61.3 Å². The molecule has 0 radical (unpaired) electrons. The highest BCUT2D eigenvalue weighted by molar-refractivity contribution is 6.72. The third-order valence-corrected chi connectivity index (χ3v) is 25.4. The number of benzene rings is 9. The molecule has 0 aliphatic carbocycles. The van der Waals surface area contributed by atoms with Crippen LogP contribution in [0.1, 0.15) is 138 Å². The van der Waals surface area contributed by atoms with Crippen LogP contribution in [0.3, 0.4) is 0 Å². The highest BCUT2D eigenvalue weighted by atomic mass is 28.4. The fraction of sp³-hybridized carbons (Fsp3) is 0.267. The molecular formula is C90H79N3O25Si. The number of ether oxygens (including phenoxy) is 12. The van der Waals surface area contributed by atoms with Gasteiger partial charge in [0, 0.05) is 7.11 Å². The monoisotopic (exact) mass is 1630 g/mol. The lowest BCUT2D eigenvalue weighted by molar-refractivity contribution is -0.358. The lowest BCUT2D eigenvalue weighted by atomic mass is 9.91. The van der Waals surface area contributed by atoms with Gasteiger partial charge in [-0.2, -0.15) is 0 Å². The summed E-state index contributed by atoms with van der Waals surface area (Å²) in [4.78, 5) is 186. The Balaban J connectivity index is 0.956. The zero-order valence-electron chi connectivity index (χ0n) is 64.7. The molecule has 3 saturated heterocycles. The second-order valence-electron chi connectivity index (χ2n) is 29.6. The van der Waals surface area contributed by atoms with E-state index < -0.39 is 191 Å². The Labute approximate surface area is 682 Å². The first-order valence-electron chi connectivity index (χ1n) is 38.4. The van der Waals surface area contributed by atoms with E-state index in [4.69, 9.17) is 61.3 Å². The van der Waals surface area contributed by atoms with Crippen molar-refractivity contribution in [1.29, 1.82) is 0 Å². The van der Waals surface area contributed by atoms with Crippen molar-refractivity contribution >= 4 is 79.6 Å². The van der Waals surface area contributed by atoms with Gasteiger partial charge in [0.05, 0.1) is 66.8 Å². The van der Waals surface area contributed by atoms with Gasteiger partial charge in [-0.3, -0.25) is 43.5 Å². The summed E-state index contributed by atoms with van der Waals surface area (Å²) in [5.41, 5.74) is -1.29. The fourth-order valence-corrected chi connectivity index (χ4v) is 16.4. The van der Waals surface area contributed by atoms with E-state index in [1.165, 1.54) is 177 Å². The van der Waals surface area contributed by atoms with Crippen LogP contribution in [-0.4, -0.2) is 213 Å². The summed E-state index contributed by atoms with van der Waals surface area (Å²) in [6, 6.07) is 56.7. The Morgan fingerprint density at radius 3 is 0.782 bits per heavy atom. The highest BCUT2D eigenvalue weighted by Crippen LogP contribution is 2.45. The number of rotatable bonds is 26. The molecule has 9 aromatic carbocycles. The van der Waals surface area contributed by atoms with Gasteiger partial charge in [0.1, 0.15) is 74.6 Å². The van der Waals surface area contributed by atoms with E-state index >= 15 is 43.2 Å². The van der Waals surface area contributed by atoms with E-state index in [1.807, 2.05) is 26.9 Å². The zero-order chi connectivity index (χ0) is 83.3. The number of esters is 6. The molecule has 15 unspecified atom stereocenters. The van der Waals surface area contributed by atoms with Gasteiger partial charge in [-0.05, 0) is 128 Å². The van der Waals surface area contributed by atoms with Crippen LogP contribution in [-0.2, 0) is 61.3 Å². The lowest BCUT2D eigenvalue weighted by Crippen LogP contribution is -2.73. The van der Waals surface area contributed by atoms with E-state index in [2.05, 4.69) is 0 Å². The van der Waals surface area contributed by atoms with Crippen molar-refractivity contribution in [2.24, 2.45) is 0 Å². The van der Waals surface area contributed by atoms with E-state index in [1.54, 1.807) is 84.9 Å². The molecule has 6 aliphatic heterocycles. The van der Waals surface area contributed by atoms with Gasteiger partial charge in [0.25, 0.3) is 35.4 Å². The summed E-state index contributed by atoms with van der Waals surface area (Å²) in [6.07, 6.45) is -24.5. The molecule has 29 heteroatoms. The summed E-state index contributed by atoms with van der Waals surface area (Å²) in [6.45, 7) is 4.85. The van der Waals surface area contributed by atoms with Crippen molar-refractivity contribution in [3.8, 4) is 0 Å². The molecule has 6 aliphatic rings. The molecular weight excluding hydrogens is 1550 g/mol. The van der Waals surface area contributed by atoms with Crippen LogP contribution in [0.4, 0.5) is 0 Å². The molecule has 15 rings (SSSR count). The summed E-state index contributed by atoms with van der Waals surface area (Å²) >= 11 is 0. The van der Waals surface area contributed by atoms with Crippen molar-refractivity contribution in [2.75, 3.05) is 26.9 Å². The third-order valence-electron chi connectivity index (χ3n) is 21.8. The average Bonchev–Trinajstić information content (AvgIpc) is 1.68. The van der Waals surface area contributed by atoms with Crippen molar-refractivity contribution < 1.29 is 119 Å². The minimum absolute atomic E-state index is 0.0251. The van der Waals surface area contributed by atoms with Gasteiger partial charge in [0.15, 0.2) is 45.5 Å². The molecule has 0 saturated carbocycles. The minimum atomic E-state index is -3.20.